The molecule has 1 N–H and O–H groups in total. The van der Waals surface area contributed by atoms with Crippen molar-refractivity contribution in [2.45, 2.75) is 19.8 Å². The van der Waals surface area contributed by atoms with E-state index >= 15 is 0 Å². The van der Waals surface area contributed by atoms with Crippen LogP contribution in [-0.2, 0) is 22.9 Å². The number of hydrogen-bond donors (Lipinski definition) is 1. The van der Waals surface area contributed by atoms with Crippen molar-refractivity contribution in [3.63, 3.8) is 0 Å². The molecule has 118 valence electrons. The molecule has 22 heavy (non-hydrogen) atoms. The minimum absolute atomic E-state index is 0.109. The number of hydrogen-bond acceptors (Lipinski definition) is 2. The van der Waals surface area contributed by atoms with Crippen LogP contribution in [0.5, 0.6) is 0 Å². The van der Waals surface area contributed by atoms with Gasteiger partial charge in [-0.3, -0.25) is 0 Å². The Labute approximate surface area is 131 Å². The molecule has 0 saturated carbocycles. The van der Waals surface area contributed by atoms with E-state index in [9.17, 15) is 12.8 Å². The molecule has 5 heteroatoms. The summed E-state index contributed by atoms with van der Waals surface area (Å²) in [6, 6.07) is 14.2. The van der Waals surface area contributed by atoms with Crippen molar-refractivity contribution in [3.05, 3.63) is 71.0 Å². The summed E-state index contributed by atoms with van der Waals surface area (Å²) in [5.41, 5.74) is 2.67. The zero-order valence-corrected chi connectivity index (χ0v) is 13.4. The van der Waals surface area contributed by atoms with E-state index in [1.54, 1.807) is 18.2 Å². The van der Waals surface area contributed by atoms with Crippen molar-refractivity contribution in [2.75, 3.05) is 12.3 Å². The summed E-state index contributed by atoms with van der Waals surface area (Å²) in [6.45, 7) is 2.35. The molecule has 0 radical (unpaired) electrons. The van der Waals surface area contributed by atoms with Crippen LogP contribution in [0.4, 0.5) is 4.39 Å². The van der Waals surface area contributed by atoms with Crippen molar-refractivity contribution >= 4 is 10.0 Å². The highest BCUT2D eigenvalue weighted by molar-refractivity contribution is 7.89. The summed E-state index contributed by atoms with van der Waals surface area (Å²) in [7, 11) is -3.39. The van der Waals surface area contributed by atoms with Gasteiger partial charge in [0.1, 0.15) is 5.82 Å². The highest BCUT2D eigenvalue weighted by atomic mass is 32.2. The highest BCUT2D eigenvalue weighted by Crippen LogP contribution is 2.08. The Kier molecular flexibility index (Phi) is 5.69. The van der Waals surface area contributed by atoms with Gasteiger partial charge in [0.25, 0.3) is 0 Å². The Balaban J connectivity index is 1.83. The molecule has 0 atom stereocenters. The first kappa shape index (κ1) is 16.6. The smallest absolute Gasteiger partial charge is 0.211 e. The maximum Gasteiger partial charge on any atom is 0.211 e. The van der Waals surface area contributed by atoms with Gasteiger partial charge in [0.2, 0.25) is 10.0 Å². The number of aryl methyl sites for hydroxylation is 2. The Morgan fingerprint density at radius 1 is 1.05 bits per heavy atom. The zero-order valence-electron chi connectivity index (χ0n) is 12.5. The van der Waals surface area contributed by atoms with Gasteiger partial charge in [-0.2, -0.15) is 0 Å². The number of nitrogens with one attached hydrogen (secondary N) is 1. The van der Waals surface area contributed by atoms with Gasteiger partial charge in [-0.05, 0) is 37.0 Å². The second kappa shape index (κ2) is 7.51. The third-order valence-corrected chi connectivity index (χ3v) is 4.80. The summed E-state index contributed by atoms with van der Waals surface area (Å²) in [5.74, 6) is -0.473. The van der Waals surface area contributed by atoms with E-state index in [0.717, 1.165) is 11.1 Å². The van der Waals surface area contributed by atoms with E-state index < -0.39 is 10.0 Å². The SMILES string of the molecule is Cc1cccc(CCNS(=O)(=O)CCc2ccccc2F)c1. The molecule has 0 heterocycles. The third-order valence-electron chi connectivity index (χ3n) is 3.42. The molecular formula is C17H20FNO2S. The molecule has 0 fully saturated rings. The van der Waals surface area contributed by atoms with Crippen LogP contribution in [-0.4, -0.2) is 20.7 Å². The van der Waals surface area contributed by atoms with Gasteiger partial charge in [0.05, 0.1) is 5.75 Å². The molecule has 0 spiro atoms. The minimum Gasteiger partial charge on any atom is -0.215 e. The lowest BCUT2D eigenvalue weighted by atomic mass is 10.1. The van der Waals surface area contributed by atoms with Gasteiger partial charge in [-0.1, -0.05) is 48.0 Å². The molecular weight excluding hydrogens is 301 g/mol. The molecule has 0 aromatic heterocycles. The van der Waals surface area contributed by atoms with Gasteiger partial charge in [-0.25, -0.2) is 17.5 Å². The van der Waals surface area contributed by atoms with Crippen LogP contribution in [0.15, 0.2) is 48.5 Å². The zero-order chi connectivity index (χ0) is 16.0. The van der Waals surface area contributed by atoms with Crippen molar-refractivity contribution < 1.29 is 12.8 Å². The molecule has 0 aliphatic rings. The van der Waals surface area contributed by atoms with Crippen LogP contribution in [0.3, 0.4) is 0 Å². The van der Waals surface area contributed by atoms with Gasteiger partial charge < -0.3 is 0 Å². The van der Waals surface area contributed by atoms with Gasteiger partial charge in [0, 0.05) is 6.54 Å². The lowest BCUT2D eigenvalue weighted by Crippen LogP contribution is -2.29. The van der Waals surface area contributed by atoms with Gasteiger partial charge in [-0.15, -0.1) is 0 Å². The standard InChI is InChI=1S/C17H20FNO2S/c1-14-5-4-6-15(13-14)9-11-19-22(20,21)12-10-16-7-2-3-8-17(16)18/h2-8,13,19H,9-12H2,1H3. The quantitative estimate of drug-likeness (QED) is 0.852. The first-order valence-corrected chi connectivity index (χ1v) is 8.88. The number of sulfonamides is 1. The average molecular weight is 321 g/mol. The maximum absolute atomic E-state index is 13.5. The molecule has 2 aromatic carbocycles. The predicted octanol–water partition coefficient (Wildman–Crippen LogP) is 2.84. The van der Waals surface area contributed by atoms with E-state index in [2.05, 4.69) is 4.72 Å². The summed E-state index contributed by atoms with van der Waals surface area (Å²) < 4.78 is 39.9. The fourth-order valence-electron chi connectivity index (χ4n) is 2.24. The Bertz CT molecular complexity index is 729. The summed E-state index contributed by atoms with van der Waals surface area (Å²) in [4.78, 5) is 0. The molecule has 0 aliphatic carbocycles. The van der Waals surface area contributed by atoms with E-state index in [-0.39, 0.29) is 18.0 Å². The van der Waals surface area contributed by atoms with Crippen LogP contribution in [0, 0.1) is 12.7 Å². The first-order valence-electron chi connectivity index (χ1n) is 7.22. The Morgan fingerprint density at radius 3 is 2.55 bits per heavy atom. The number of rotatable bonds is 7. The van der Waals surface area contributed by atoms with Crippen LogP contribution in [0.25, 0.3) is 0 Å². The number of benzene rings is 2. The van der Waals surface area contributed by atoms with Crippen molar-refractivity contribution in [1.82, 2.24) is 4.72 Å². The van der Waals surface area contributed by atoms with E-state index in [1.165, 1.54) is 6.07 Å². The Hall–Kier alpha value is -1.72. The molecule has 2 rings (SSSR count). The van der Waals surface area contributed by atoms with E-state index in [4.69, 9.17) is 0 Å². The lowest BCUT2D eigenvalue weighted by Gasteiger charge is -2.08. The van der Waals surface area contributed by atoms with Crippen LogP contribution >= 0.6 is 0 Å². The van der Waals surface area contributed by atoms with Gasteiger partial charge in [0.15, 0.2) is 0 Å². The fourth-order valence-corrected chi connectivity index (χ4v) is 3.28. The van der Waals surface area contributed by atoms with E-state index in [1.807, 2.05) is 31.2 Å². The number of halogens is 1. The fraction of sp³-hybridized carbons (Fsp3) is 0.294. The molecule has 0 aliphatic heterocycles. The van der Waals surface area contributed by atoms with E-state index in [0.29, 0.717) is 18.5 Å². The summed E-state index contributed by atoms with van der Waals surface area (Å²) in [6.07, 6.45) is 0.813. The molecule has 0 unspecified atom stereocenters. The normalized spacial score (nSPS) is 11.5. The van der Waals surface area contributed by atoms with Crippen molar-refractivity contribution in [1.29, 1.82) is 0 Å². The highest BCUT2D eigenvalue weighted by Gasteiger charge is 2.11. The Morgan fingerprint density at radius 2 is 1.82 bits per heavy atom. The molecule has 0 saturated heterocycles. The van der Waals surface area contributed by atoms with Crippen molar-refractivity contribution in [3.8, 4) is 0 Å². The third kappa shape index (κ3) is 5.24. The topological polar surface area (TPSA) is 46.2 Å². The second-order valence-electron chi connectivity index (χ2n) is 5.29. The largest absolute Gasteiger partial charge is 0.215 e. The molecule has 3 nitrogen and oxygen atoms in total. The summed E-state index contributed by atoms with van der Waals surface area (Å²) in [5, 5.41) is 0. The maximum atomic E-state index is 13.5. The molecule has 2 aromatic rings. The van der Waals surface area contributed by atoms with Crippen LogP contribution in [0.1, 0.15) is 16.7 Å². The average Bonchev–Trinajstić information content (AvgIpc) is 2.46. The molecule has 0 amide bonds. The summed E-state index contributed by atoms with van der Waals surface area (Å²) >= 11 is 0. The second-order valence-corrected chi connectivity index (χ2v) is 7.22. The predicted molar refractivity (Wildman–Crippen MR) is 86.8 cm³/mol. The van der Waals surface area contributed by atoms with Gasteiger partial charge >= 0.3 is 0 Å². The van der Waals surface area contributed by atoms with Crippen LogP contribution < -0.4 is 4.72 Å². The lowest BCUT2D eigenvalue weighted by molar-refractivity contribution is 0.578. The monoisotopic (exact) mass is 321 g/mol. The molecule has 0 bridgehead atoms. The first-order chi connectivity index (χ1) is 10.5. The van der Waals surface area contributed by atoms with Crippen molar-refractivity contribution in [2.24, 2.45) is 0 Å². The van der Waals surface area contributed by atoms with Crippen LogP contribution in [0.2, 0.25) is 0 Å². The minimum atomic E-state index is -3.39.